The first-order valence-electron chi connectivity index (χ1n) is 8.09. The van der Waals surface area contributed by atoms with Gasteiger partial charge in [0.05, 0.1) is 6.26 Å². The van der Waals surface area contributed by atoms with Gasteiger partial charge in [0.2, 0.25) is 0 Å². The third-order valence-corrected chi connectivity index (χ3v) is 3.56. The van der Waals surface area contributed by atoms with Gasteiger partial charge in [-0.3, -0.25) is 9.59 Å². The van der Waals surface area contributed by atoms with Crippen molar-refractivity contribution in [3.63, 3.8) is 0 Å². The third-order valence-electron chi connectivity index (χ3n) is 3.56. The van der Waals surface area contributed by atoms with E-state index in [-0.39, 0.29) is 24.2 Å². The summed E-state index contributed by atoms with van der Waals surface area (Å²) in [5.74, 6) is 0.240. The number of carbonyl (C=O) groups is 2. The van der Waals surface area contributed by atoms with Crippen LogP contribution in [0.3, 0.4) is 0 Å². The van der Waals surface area contributed by atoms with E-state index >= 15 is 0 Å². The molecule has 0 atom stereocenters. The minimum absolute atomic E-state index is 0.0784. The second-order valence-corrected chi connectivity index (χ2v) is 5.51. The summed E-state index contributed by atoms with van der Waals surface area (Å²) in [6.45, 7) is 0.381. The molecule has 0 unspecified atom stereocenters. The van der Waals surface area contributed by atoms with Gasteiger partial charge in [-0.2, -0.15) is 0 Å². The monoisotopic (exact) mass is 350 g/mol. The molecule has 2 aromatic carbocycles. The van der Waals surface area contributed by atoms with Crippen molar-refractivity contribution in [3.8, 4) is 5.75 Å². The maximum absolute atomic E-state index is 11.9. The topological polar surface area (TPSA) is 80.6 Å². The van der Waals surface area contributed by atoms with Crippen LogP contribution in [0.5, 0.6) is 5.75 Å². The molecule has 6 heteroatoms. The largest absolute Gasteiger partial charge is 0.484 e. The normalized spacial score (nSPS) is 10.2. The van der Waals surface area contributed by atoms with Crippen LogP contribution >= 0.6 is 0 Å². The molecule has 0 saturated heterocycles. The molecular formula is C20H18N2O4. The zero-order valence-electron chi connectivity index (χ0n) is 14.0. The molecule has 6 nitrogen and oxygen atoms in total. The molecule has 3 rings (SSSR count). The van der Waals surface area contributed by atoms with E-state index in [1.54, 1.807) is 36.4 Å². The lowest BCUT2D eigenvalue weighted by Crippen LogP contribution is -2.28. The number of ether oxygens (including phenoxy) is 1. The highest BCUT2D eigenvalue weighted by atomic mass is 16.5. The van der Waals surface area contributed by atoms with E-state index in [1.807, 2.05) is 30.3 Å². The molecule has 0 fully saturated rings. The summed E-state index contributed by atoms with van der Waals surface area (Å²) in [4.78, 5) is 23.7. The zero-order chi connectivity index (χ0) is 18.2. The SMILES string of the molecule is O=C(COc1ccc(NC(=O)c2ccco2)cc1)NCc1ccccc1. The molecule has 1 heterocycles. The second-order valence-electron chi connectivity index (χ2n) is 5.51. The lowest BCUT2D eigenvalue weighted by atomic mass is 10.2. The summed E-state index contributed by atoms with van der Waals surface area (Å²) in [6, 6.07) is 19.6. The Morgan fingerprint density at radius 1 is 0.923 bits per heavy atom. The molecule has 132 valence electrons. The highest BCUT2D eigenvalue weighted by molar-refractivity contribution is 6.02. The van der Waals surface area contributed by atoms with E-state index in [1.165, 1.54) is 6.26 Å². The van der Waals surface area contributed by atoms with Crippen molar-refractivity contribution < 1.29 is 18.7 Å². The van der Waals surface area contributed by atoms with Crippen molar-refractivity contribution in [2.24, 2.45) is 0 Å². The maximum Gasteiger partial charge on any atom is 0.291 e. The molecule has 0 bridgehead atoms. The number of amides is 2. The lowest BCUT2D eigenvalue weighted by Gasteiger charge is -2.09. The van der Waals surface area contributed by atoms with Crippen LogP contribution in [0.1, 0.15) is 16.1 Å². The molecule has 0 aliphatic carbocycles. The highest BCUT2D eigenvalue weighted by Crippen LogP contribution is 2.16. The number of rotatable bonds is 7. The summed E-state index contributed by atoms with van der Waals surface area (Å²) in [5, 5.41) is 5.50. The van der Waals surface area contributed by atoms with Gasteiger partial charge in [-0.05, 0) is 42.0 Å². The van der Waals surface area contributed by atoms with Gasteiger partial charge in [0.25, 0.3) is 11.8 Å². The van der Waals surface area contributed by atoms with E-state index in [2.05, 4.69) is 10.6 Å². The molecule has 2 N–H and O–H groups in total. The standard InChI is InChI=1S/C20H18N2O4/c23-19(21-13-15-5-2-1-3-6-15)14-26-17-10-8-16(9-11-17)22-20(24)18-7-4-12-25-18/h1-12H,13-14H2,(H,21,23)(H,22,24). The molecule has 26 heavy (non-hydrogen) atoms. The Bertz CT molecular complexity index is 843. The summed E-state index contributed by atoms with van der Waals surface area (Å²) in [7, 11) is 0. The number of furan rings is 1. The van der Waals surface area contributed by atoms with Crippen LogP contribution in [0.4, 0.5) is 5.69 Å². The average molecular weight is 350 g/mol. The fraction of sp³-hybridized carbons (Fsp3) is 0.100. The van der Waals surface area contributed by atoms with E-state index in [9.17, 15) is 9.59 Å². The highest BCUT2D eigenvalue weighted by Gasteiger charge is 2.09. The Labute approximate surface area is 150 Å². The van der Waals surface area contributed by atoms with Crippen molar-refractivity contribution in [3.05, 3.63) is 84.3 Å². The van der Waals surface area contributed by atoms with Crippen LogP contribution in [0.25, 0.3) is 0 Å². The van der Waals surface area contributed by atoms with E-state index in [0.29, 0.717) is 18.0 Å². The molecule has 3 aromatic rings. The van der Waals surface area contributed by atoms with Crippen molar-refractivity contribution in [1.29, 1.82) is 0 Å². The maximum atomic E-state index is 11.9. The van der Waals surface area contributed by atoms with Gasteiger partial charge >= 0.3 is 0 Å². The minimum Gasteiger partial charge on any atom is -0.484 e. The summed E-state index contributed by atoms with van der Waals surface area (Å²) >= 11 is 0. The van der Waals surface area contributed by atoms with Crippen LogP contribution in [0.2, 0.25) is 0 Å². The van der Waals surface area contributed by atoms with Crippen molar-refractivity contribution in [2.75, 3.05) is 11.9 Å². The van der Waals surface area contributed by atoms with Crippen molar-refractivity contribution in [1.82, 2.24) is 5.32 Å². The number of carbonyl (C=O) groups excluding carboxylic acids is 2. The Balaban J connectivity index is 1.44. The number of nitrogens with one attached hydrogen (secondary N) is 2. The van der Waals surface area contributed by atoms with Gasteiger partial charge < -0.3 is 19.8 Å². The van der Waals surface area contributed by atoms with E-state index in [4.69, 9.17) is 9.15 Å². The molecule has 0 spiro atoms. The predicted molar refractivity (Wildman–Crippen MR) is 96.9 cm³/mol. The third kappa shape index (κ3) is 4.98. The number of hydrogen-bond donors (Lipinski definition) is 2. The Kier molecular flexibility index (Phi) is 5.67. The molecule has 1 aromatic heterocycles. The number of benzene rings is 2. The Morgan fingerprint density at radius 2 is 1.69 bits per heavy atom. The van der Waals surface area contributed by atoms with Crippen LogP contribution in [-0.2, 0) is 11.3 Å². The lowest BCUT2D eigenvalue weighted by molar-refractivity contribution is -0.123. The van der Waals surface area contributed by atoms with Crippen LogP contribution in [0.15, 0.2) is 77.4 Å². The van der Waals surface area contributed by atoms with Gasteiger partial charge in [0.15, 0.2) is 12.4 Å². The van der Waals surface area contributed by atoms with Gasteiger partial charge in [0, 0.05) is 12.2 Å². The first-order valence-corrected chi connectivity index (χ1v) is 8.09. The predicted octanol–water partition coefficient (Wildman–Crippen LogP) is 3.23. The van der Waals surface area contributed by atoms with Gasteiger partial charge in [-0.15, -0.1) is 0 Å². The van der Waals surface area contributed by atoms with Crippen LogP contribution < -0.4 is 15.4 Å². The van der Waals surface area contributed by atoms with Crippen molar-refractivity contribution >= 4 is 17.5 Å². The summed E-state index contributed by atoms with van der Waals surface area (Å²) in [5.41, 5.74) is 1.63. The Hall–Kier alpha value is -3.54. The first-order chi connectivity index (χ1) is 12.7. The van der Waals surface area contributed by atoms with Gasteiger partial charge in [-0.1, -0.05) is 30.3 Å². The number of anilines is 1. The summed E-state index contributed by atoms with van der Waals surface area (Å²) in [6.07, 6.45) is 1.44. The molecule has 2 amide bonds. The second kappa shape index (κ2) is 8.53. The zero-order valence-corrected chi connectivity index (χ0v) is 14.0. The van der Waals surface area contributed by atoms with E-state index in [0.717, 1.165) is 5.56 Å². The molecule has 0 aliphatic rings. The fourth-order valence-corrected chi connectivity index (χ4v) is 2.23. The first kappa shape index (κ1) is 17.3. The van der Waals surface area contributed by atoms with Crippen molar-refractivity contribution in [2.45, 2.75) is 6.54 Å². The minimum atomic E-state index is -0.330. The fourth-order valence-electron chi connectivity index (χ4n) is 2.23. The molecule has 0 radical (unpaired) electrons. The number of hydrogen-bond acceptors (Lipinski definition) is 4. The van der Waals surface area contributed by atoms with Crippen LogP contribution in [0, 0.1) is 0 Å². The van der Waals surface area contributed by atoms with Crippen LogP contribution in [-0.4, -0.2) is 18.4 Å². The van der Waals surface area contributed by atoms with Gasteiger partial charge in [0.1, 0.15) is 5.75 Å². The summed E-state index contributed by atoms with van der Waals surface area (Å²) < 4.78 is 10.5. The van der Waals surface area contributed by atoms with Gasteiger partial charge in [-0.25, -0.2) is 0 Å². The molecule has 0 aliphatic heterocycles. The molecule has 0 saturated carbocycles. The Morgan fingerprint density at radius 3 is 2.38 bits per heavy atom. The quantitative estimate of drug-likeness (QED) is 0.685. The van der Waals surface area contributed by atoms with E-state index < -0.39 is 0 Å². The average Bonchev–Trinajstić information content (AvgIpc) is 3.22. The molecular weight excluding hydrogens is 332 g/mol. The smallest absolute Gasteiger partial charge is 0.291 e.